The second-order valence-electron chi connectivity index (χ2n) is 10.5. The van der Waals surface area contributed by atoms with Crippen molar-refractivity contribution in [2.75, 3.05) is 33.0 Å². The van der Waals surface area contributed by atoms with Gasteiger partial charge in [0.2, 0.25) is 0 Å². The van der Waals surface area contributed by atoms with Gasteiger partial charge in [-0.3, -0.25) is 0 Å². The van der Waals surface area contributed by atoms with Gasteiger partial charge in [0.1, 0.15) is 36.5 Å². The minimum absolute atomic E-state index is 0.00124. The summed E-state index contributed by atoms with van der Waals surface area (Å²) in [5, 5.41) is 10.4. The predicted octanol–water partition coefficient (Wildman–Crippen LogP) is 3.05. The highest BCUT2D eigenvalue weighted by atomic mass is 35.5. The molecule has 202 valence electrons. The molecule has 5 atom stereocenters. The Kier molecular flexibility index (Phi) is 5.97. The average Bonchev–Trinajstić information content (AvgIpc) is 3.63. The lowest BCUT2D eigenvalue weighted by Gasteiger charge is -2.33. The zero-order valence-corrected chi connectivity index (χ0v) is 21.0. The van der Waals surface area contributed by atoms with Crippen molar-refractivity contribution in [3.8, 4) is 11.8 Å². The number of fused-ring (bicyclic) bond motifs is 3. The van der Waals surface area contributed by atoms with Gasteiger partial charge in [0.15, 0.2) is 17.4 Å². The van der Waals surface area contributed by atoms with Crippen LogP contribution >= 0.6 is 11.6 Å². The van der Waals surface area contributed by atoms with Gasteiger partial charge in [-0.25, -0.2) is 13.8 Å². The van der Waals surface area contributed by atoms with E-state index in [-0.39, 0.29) is 56.9 Å². The molecule has 7 rings (SSSR count). The Hall–Kier alpha value is -2.57. The number of hydrogen-bond donors (Lipinski definition) is 2. The van der Waals surface area contributed by atoms with Gasteiger partial charge in [0.05, 0.1) is 42.7 Å². The van der Waals surface area contributed by atoms with Crippen LogP contribution in [-0.4, -0.2) is 83.2 Å². The van der Waals surface area contributed by atoms with Crippen LogP contribution in [0.25, 0.3) is 11.2 Å². The molecule has 3 aliphatic heterocycles. The van der Waals surface area contributed by atoms with Crippen molar-refractivity contribution in [3.63, 3.8) is 0 Å². The lowest BCUT2D eigenvalue weighted by Crippen LogP contribution is -2.50. The van der Waals surface area contributed by atoms with E-state index < -0.39 is 24.0 Å². The Morgan fingerprint density at radius 1 is 1.16 bits per heavy atom. The first-order valence-corrected chi connectivity index (χ1v) is 13.1. The van der Waals surface area contributed by atoms with Crippen molar-refractivity contribution in [2.45, 2.75) is 55.3 Å². The van der Waals surface area contributed by atoms with Crippen molar-refractivity contribution >= 4 is 22.8 Å². The molecule has 0 saturated carbocycles. The van der Waals surface area contributed by atoms with E-state index in [1.54, 1.807) is 12.1 Å². The van der Waals surface area contributed by atoms with Gasteiger partial charge >= 0.3 is 0 Å². The number of rotatable bonds is 7. The van der Waals surface area contributed by atoms with Crippen molar-refractivity contribution in [3.05, 3.63) is 45.9 Å². The molecule has 12 heteroatoms. The molecule has 2 N–H and O–H groups in total. The molecule has 38 heavy (non-hydrogen) atoms. The fourth-order valence-corrected chi connectivity index (χ4v) is 5.97. The quantitative estimate of drug-likeness (QED) is 0.463. The van der Waals surface area contributed by atoms with Crippen LogP contribution in [0.15, 0.2) is 18.2 Å². The number of aromatic amines is 1. The number of alkyl halides is 1. The fourth-order valence-electron chi connectivity index (χ4n) is 5.75. The molecule has 1 aromatic carbocycles. The van der Waals surface area contributed by atoms with E-state index in [0.717, 1.165) is 12.0 Å². The van der Waals surface area contributed by atoms with Gasteiger partial charge < -0.3 is 33.8 Å². The summed E-state index contributed by atoms with van der Waals surface area (Å²) in [6, 6.07) is 5.11. The Bertz CT molecular complexity index is 1380. The lowest BCUT2D eigenvalue weighted by molar-refractivity contribution is -0.146. The van der Waals surface area contributed by atoms with Gasteiger partial charge in [-0.1, -0.05) is 11.6 Å². The maximum Gasteiger partial charge on any atom is 0.296 e. The van der Waals surface area contributed by atoms with Crippen LogP contribution in [-0.2, 0) is 27.1 Å². The number of nitrogens with zero attached hydrogens (tertiary/aromatic N) is 2. The average molecular weight is 550 g/mol. The summed E-state index contributed by atoms with van der Waals surface area (Å²) in [6.45, 7) is 0.333. The van der Waals surface area contributed by atoms with Gasteiger partial charge in [0, 0.05) is 6.07 Å². The first-order chi connectivity index (χ1) is 18.3. The molecule has 0 amide bonds. The van der Waals surface area contributed by atoms with Crippen LogP contribution in [0.3, 0.4) is 0 Å². The Labute approximate surface area is 221 Å². The molecule has 1 unspecified atom stereocenters. The molecule has 9 nitrogen and oxygen atoms in total. The predicted molar refractivity (Wildman–Crippen MR) is 130 cm³/mol. The van der Waals surface area contributed by atoms with Gasteiger partial charge in [0.25, 0.3) is 6.01 Å². The number of H-pyrrole nitrogens is 1. The highest BCUT2D eigenvalue weighted by molar-refractivity contribution is 6.31. The van der Waals surface area contributed by atoms with Crippen LogP contribution < -0.4 is 9.47 Å². The summed E-state index contributed by atoms with van der Waals surface area (Å²) < 4.78 is 57.0. The second kappa shape index (κ2) is 9.27. The molecule has 4 aliphatic rings. The van der Waals surface area contributed by atoms with E-state index in [2.05, 4.69) is 15.0 Å². The molecule has 3 fully saturated rings. The SMILES string of the molecule is O[C@@H]1CO[C@H]2[C@@H]1OC[C@H]2Oc1nc2nc(CC3CCc4cc(OCC5(F)COC5)cc(F)c43)c(Cl)cc2[nH]1. The minimum atomic E-state index is -1.50. The zero-order valence-electron chi connectivity index (χ0n) is 20.3. The van der Waals surface area contributed by atoms with Crippen LogP contribution in [0.2, 0.25) is 5.02 Å². The monoisotopic (exact) mass is 549 g/mol. The molecule has 5 heterocycles. The number of aromatic nitrogens is 3. The van der Waals surface area contributed by atoms with E-state index in [9.17, 15) is 9.50 Å². The van der Waals surface area contributed by atoms with Gasteiger partial charge in [-0.2, -0.15) is 4.98 Å². The molecule has 0 spiro atoms. The van der Waals surface area contributed by atoms with Crippen LogP contribution in [0.5, 0.6) is 11.8 Å². The topological polar surface area (TPSA) is 108 Å². The Morgan fingerprint density at radius 2 is 2.00 bits per heavy atom. The standard InChI is InChI=1S/C26H26ClF2N3O6/c27-15-6-18-24(32-25(31-18)38-20-8-36-22-19(33)7-35-23(20)22)30-17(15)4-13-2-1-12-3-14(5-16(28)21(12)13)37-11-26(29)9-34-10-26/h3,5-6,13,19-20,22-23,33H,1-2,4,7-11H2,(H,30,31,32)/t13?,19-,20-,22-,23-/m1/s1. The number of hydrogen-bond acceptors (Lipinski definition) is 8. The number of aliphatic hydroxyl groups excluding tert-OH is 1. The van der Waals surface area contributed by atoms with E-state index in [1.165, 1.54) is 6.07 Å². The molecule has 3 aromatic rings. The third-order valence-corrected chi connectivity index (χ3v) is 8.07. The number of aliphatic hydroxyl groups is 1. The molecular weight excluding hydrogens is 524 g/mol. The summed E-state index contributed by atoms with van der Waals surface area (Å²) in [5.74, 6) is -0.159. The summed E-state index contributed by atoms with van der Waals surface area (Å²) >= 11 is 6.57. The van der Waals surface area contributed by atoms with E-state index in [0.29, 0.717) is 46.0 Å². The summed E-state index contributed by atoms with van der Waals surface area (Å²) in [4.78, 5) is 12.2. The number of pyridine rings is 1. The maximum atomic E-state index is 15.2. The lowest BCUT2D eigenvalue weighted by atomic mass is 9.95. The van der Waals surface area contributed by atoms with Crippen LogP contribution in [0.4, 0.5) is 8.78 Å². The zero-order chi connectivity index (χ0) is 26.0. The molecular formula is C26H26ClF2N3O6. The van der Waals surface area contributed by atoms with Crippen LogP contribution in [0, 0.1) is 5.82 Å². The largest absolute Gasteiger partial charge is 0.490 e. The Morgan fingerprint density at radius 3 is 2.82 bits per heavy atom. The first kappa shape index (κ1) is 24.5. The van der Waals surface area contributed by atoms with E-state index in [4.69, 9.17) is 35.3 Å². The molecule has 1 aliphatic carbocycles. The molecule has 3 saturated heterocycles. The number of nitrogens with one attached hydrogen (secondary N) is 1. The smallest absolute Gasteiger partial charge is 0.296 e. The third-order valence-electron chi connectivity index (χ3n) is 7.74. The number of benzene rings is 1. The number of ether oxygens (including phenoxy) is 5. The van der Waals surface area contributed by atoms with E-state index >= 15 is 4.39 Å². The summed E-state index contributed by atoms with van der Waals surface area (Å²) in [6.07, 6.45) is 0.0213. The second-order valence-corrected chi connectivity index (χ2v) is 10.9. The Balaban J connectivity index is 1.06. The third kappa shape index (κ3) is 4.30. The summed E-state index contributed by atoms with van der Waals surface area (Å²) in [5.41, 5.74) is 1.63. The van der Waals surface area contributed by atoms with Crippen molar-refractivity contribution in [1.29, 1.82) is 0 Å². The molecule has 0 bridgehead atoms. The normalized spacial score (nSPS) is 29.3. The number of halogens is 3. The maximum absolute atomic E-state index is 15.2. The highest BCUT2D eigenvalue weighted by Gasteiger charge is 2.48. The van der Waals surface area contributed by atoms with Crippen LogP contribution in [0.1, 0.15) is 29.2 Å². The number of imidazole rings is 1. The minimum Gasteiger partial charge on any atom is -0.490 e. The highest BCUT2D eigenvalue weighted by Crippen LogP contribution is 2.41. The number of aryl methyl sites for hydroxylation is 1. The fraction of sp³-hybridized carbons (Fsp3) is 0.538. The van der Waals surface area contributed by atoms with Crippen molar-refractivity contribution in [1.82, 2.24) is 15.0 Å². The van der Waals surface area contributed by atoms with Crippen molar-refractivity contribution < 1.29 is 37.6 Å². The molecule has 0 radical (unpaired) electrons. The van der Waals surface area contributed by atoms with Gasteiger partial charge in [-0.15, -0.1) is 0 Å². The first-order valence-electron chi connectivity index (χ1n) is 12.7. The van der Waals surface area contributed by atoms with Crippen molar-refractivity contribution in [2.24, 2.45) is 0 Å². The van der Waals surface area contributed by atoms with E-state index in [1.807, 2.05) is 0 Å². The molecule has 2 aromatic heterocycles. The van der Waals surface area contributed by atoms with Gasteiger partial charge in [-0.05, 0) is 48.4 Å². The summed E-state index contributed by atoms with van der Waals surface area (Å²) in [7, 11) is 0.